The van der Waals surface area contributed by atoms with E-state index >= 15 is 0 Å². The summed E-state index contributed by atoms with van der Waals surface area (Å²) in [7, 11) is 3.05. The third kappa shape index (κ3) is 4.09. The van der Waals surface area contributed by atoms with Gasteiger partial charge in [0.05, 0.1) is 16.6 Å². The predicted octanol–water partition coefficient (Wildman–Crippen LogP) is 2.32. The highest BCUT2D eigenvalue weighted by Crippen LogP contribution is 2.22. The molecule has 0 fully saturated rings. The number of hydrogen-bond acceptors (Lipinski definition) is 2. The molecule has 0 spiro atoms. The quantitative estimate of drug-likeness (QED) is 0.896. The van der Waals surface area contributed by atoms with Crippen LogP contribution in [0.5, 0.6) is 0 Å². The van der Waals surface area contributed by atoms with Crippen molar-refractivity contribution in [3.63, 3.8) is 0 Å². The Balaban J connectivity index is 2.66. The minimum Gasteiger partial charge on any atom is -0.359 e. The number of hydrogen-bond donors (Lipinski definition) is 2. The Morgan fingerprint density at radius 2 is 2.10 bits per heavy atom. The predicted molar refractivity (Wildman–Crippen MR) is 76.3 cm³/mol. The van der Waals surface area contributed by atoms with Gasteiger partial charge >= 0.3 is 6.03 Å². The van der Waals surface area contributed by atoms with Crippen molar-refractivity contribution in [2.45, 2.75) is 6.92 Å². The summed E-state index contributed by atoms with van der Waals surface area (Å²) in [5.41, 5.74) is 0.00180. The van der Waals surface area contributed by atoms with E-state index < -0.39 is 11.8 Å². The molecule has 0 bridgehead atoms. The molecule has 3 amide bonds. The average Bonchev–Trinajstić information content (AvgIpc) is 2.42. The smallest absolute Gasteiger partial charge is 0.321 e. The lowest BCUT2D eigenvalue weighted by Gasteiger charge is -2.21. The maximum absolute atomic E-state index is 13.6. The fraction of sp³-hybridized carbons (Fsp3) is 0.385. The highest BCUT2D eigenvalue weighted by molar-refractivity contribution is 6.31. The molecule has 1 rings (SSSR count). The molecular formula is C13H17ClFN3O2. The van der Waals surface area contributed by atoms with E-state index in [9.17, 15) is 14.0 Å². The number of amides is 3. The van der Waals surface area contributed by atoms with Crippen molar-refractivity contribution >= 4 is 29.2 Å². The number of nitrogens with zero attached hydrogens (tertiary/aromatic N) is 1. The van der Waals surface area contributed by atoms with Crippen molar-refractivity contribution in [3.8, 4) is 0 Å². The Bertz CT molecular complexity index is 510. The first-order chi connectivity index (χ1) is 9.36. The summed E-state index contributed by atoms with van der Waals surface area (Å²) in [5, 5.41) is 4.84. The van der Waals surface area contributed by atoms with Crippen LogP contribution in [-0.4, -0.2) is 37.5 Å². The molecule has 0 saturated carbocycles. The van der Waals surface area contributed by atoms with Gasteiger partial charge in [-0.05, 0) is 12.1 Å². The summed E-state index contributed by atoms with van der Waals surface area (Å²) in [6.07, 6.45) is 0. The molecular weight excluding hydrogens is 285 g/mol. The standard InChI is InChI=1S/C13H17ClFN3O2/c1-8(12(19)16-2)7-18(3)13(20)17-10-6-4-5-9(14)11(10)15/h4-6,8H,7H2,1-3H3,(H,16,19)(H,17,20). The Kier molecular flexibility index (Phi) is 5.76. The third-order valence-electron chi connectivity index (χ3n) is 2.78. The number of anilines is 1. The van der Waals surface area contributed by atoms with Gasteiger partial charge in [0.2, 0.25) is 5.91 Å². The van der Waals surface area contributed by atoms with Gasteiger partial charge in [0.15, 0.2) is 5.82 Å². The van der Waals surface area contributed by atoms with Crippen molar-refractivity contribution < 1.29 is 14.0 Å². The molecule has 1 aromatic carbocycles. The van der Waals surface area contributed by atoms with Gasteiger partial charge in [-0.2, -0.15) is 0 Å². The van der Waals surface area contributed by atoms with Crippen LogP contribution in [0.1, 0.15) is 6.92 Å². The lowest BCUT2D eigenvalue weighted by molar-refractivity contribution is -0.124. The van der Waals surface area contributed by atoms with Gasteiger partial charge in [0.25, 0.3) is 0 Å². The summed E-state index contributed by atoms with van der Waals surface area (Å²) < 4.78 is 13.6. The highest BCUT2D eigenvalue weighted by Gasteiger charge is 2.18. The molecule has 0 aromatic heterocycles. The lowest BCUT2D eigenvalue weighted by atomic mass is 10.1. The van der Waals surface area contributed by atoms with Crippen molar-refractivity contribution in [1.29, 1.82) is 0 Å². The number of urea groups is 1. The fourth-order valence-electron chi connectivity index (χ4n) is 1.63. The summed E-state index contributed by atoms with van der Waals surface area (Å²) in [6, 6.07) is 3.83. The zero-order valence-corrected chi connectivity index (χ0v) is 12.3. The van der Waals surface area contributed by atoms with Crippen molar-refractivity contribution in [2.24, 2.45) is 5.92 Å². The largest absolute Gasteiger partial charge is 0.359 e. The van der Waals surface area contributed by atoms with Crippen molar-refractivity contribution in [1.82, 2.24) is 10.2 Å². The van der Waals surface area contributed by atoms with E-state index in [0.29, 0.717) is 0 Å². The first-order valence-electron chi connectivity index (χ1n) is 6.04. The topological polar surface area (TPSA) is 61.4 Å². The maximum atomic E-state index is 13.6. The second-order valence-corrected chi connectivity index (χ2v) is 4.83. The monoisotopic (exact) mass is 301 g/mol. The third-order valence-corrected chi connectivity index (χ3v) is 3.07. The van der Waals surface area contributed by atoms with Crippen LogP contribution >= 0.6 is 11.6 Å². The molecule has 0 aliphatic carbocycles. The van der Waals surface area contributed by atoms with Crippen molar-refractivity contribution in [2.75, 3.05) is 26.0 Å². The number of carbonyl (C=O) groups excluding carboxylic acids is 2. The van der Waals surface area contributed by atoms with Crippen molar-refractivity contribution in [3.05, 3.63) is 29.0 Å². The van der Waals surface area contributed by atoms with E-state index in [1.54, 1.807) is 6.92 Å². The number of halogens is 2. The molecule has 1 aromatic rings. The van der Waals surface area contributed by atoms with Crippen LogP contribution in [0.25, 0.3) is 0 Å². The minimum atomic E-state index is -0.685. The lowest BCUT2D eigenvalue weighted by Crippen LogP contribution is -2.39. The Hall–Kier alpha value is -1.82. The minimum absolute atomic E-state index is 0.00180. The molecule has 1 atom stereocenters. The van der Waals surface area contributed by atoms with Crippen LogP contribution in [-0.2, 0) is 4.79 Å². The number of rotatable bonds is 4. The highest BCUT2D eigenvalue weighted by atomic mass is 35.5. The molecule has 0 aliphatic heterocycles. The zero-order chi connectivity index (χ0) is 15.3. The van der Waals surface area contributed by atoms with E-state index in [2.05, 4.69) is 10.6 Å². The summed E-state index contributed by atoms with van der Waals surface area (Å²) in [4.78, 5) is 24.6. The van der Waals surface area contributed by atoms with Gasteiger partial charge in [-0.25, -0.2) is 9.18 Å². The Labute approximate surface area is 122 Å². The van der Waals surface area contributed by atoms with Gasteiger partial charge in [-0.3, -0.25) is 4.79 Å². The van der Waals surface area contributed by atoms with E-state index in [0.717, 1.165) is 0 Å². The molecule has 0 radical (unpaired) electrons. The van der Waals surface area contributed by atoms with Gasteiger partial charge in [-0.15, -0.1) is 0 Å². The SMILES string of the molecule is CNC(=O)C(C)CN(C)C(=O)Nc1cccc(Cl)c1F. The first kappa shape index (κ1) is 16.2. The first-order valence-corrected chi connectivity index (χ1v) is 6.42. The van der Waals surface area contributed by atoms with Gasteiger partial charge in [0, 0.05) is 20.6 Å². The van der Waals surface area contributed by atoms with Crippen LogP contribution in [0.2, 0.25) is 5.02 Å². The second kappa shape index (κ2) is 7.09. The summed E-state index contributed by atoms with van der Waals surface area (Å²) in [5.74, 6) is -1.21. The molecule has 7 heteroatoms. The molecule has 1 unspecified atom stereocenters. The molecule has 110 valence electrons. The summed E-state index contributed by atoms with van der Waals surface area (Å²) in [6.45, 7) is 1.91. The molecule has 20 heavy (non-hydrogen) atoms. The molecule has 5 nitrogen and oxygen atoms in total. The van der Waals surface area contributed by atoms with Crippen LogP contribution in [0.3, 0.4) is 0 Å². The molecule has 2 N–H and O–H groups in total. The van der Waals surface area contributed by atoms with Gasteiger partial charge < -0.3 is 15.5 Å². The average molecular weight is 302 g/mol. The van der Waals surface area contributed by atoms with E-state index in [1.165, 1.54) is 37.2 Å². The number of carbonyl (C=O) groups is 2. The summed E-state index contributed by atoms with van der Waals surface area (Å²) >= 11 is 5.63. The Morgan fingerprint density at radius 3 is 2.70 bits per heavy atom. The van der Waals surface area contributed by atoms with Gasteiger partial charge in [0.1, 0.15) is 0 Å². The molecule has 0 saturated heterocycles. The van der Waals surface area contributed by atoms with E-state index in [1.807, 2.05) is 0 Å². The zero-order valence-electron chi connectivity index (χ0n) is 11.5. The number of nitrogens with one attached hydrogen (secondary N) is 2. The second-order valence-electron chi connectivity index (χ2n) is 4.43. The maximum Gasteiger partial charge on any atom is 0.321 e. The fourth-order valence-corrected chi connectivity index (χ4v) is 1.81. The van der Waals surface area contributed by atoms with Crippen LogP contribution in [0.15, 0.2) is 18.2 Å². The molecule has 0 aliphatic rings. The normalized spacial score (nSPS) is 11.7. The van der Waals surface area contributed by atoms with E-state index in [4.69, 9.17) is 11.6 Å². The van der Waals surface area contributed by atoms with Crippen LogP contribution in [0, 0.1) is 11.7 Å². The van der Waals surface area contributed by atoms with Crippen LogP contribution in [0.4, 0.5) is 14.9 Å². The van der Waals surface area contributed by atoms with E-state index in [-0.39, 0.29) is 29.1 Å². The Morgan fingerprint density at radius 1 is 1.45 bits per heavy atom. The van der Waals surface area contributed by atoms with Crippen LogP contribution < -0.4 is 10.6 Å². The van der Waals surface area contributed by atoms with Gasteiger partial charge in [-0.1, -0.05) is 24.6 Å². The number of benzene rings is 1. The molecule has 0 heterocycles.